The molecule has 176 valence electrons. The number of benzene rings is 1. The third-order valence-corrected chi connectivity index (χ3v) is 7.62. The molecule has 6 nitrogen and oxygen atoms in total. The van der Waals surface area contributed by atoms with E-state index in [9.17, 15) is 4.79 Å². The number of nitrogens with one attached hydrogen (secondary N) is 1. The van der Waals surface area contributed by atoms with Crippen molar-refractivity contribution in [3.05, 3.63) is 81.8 Å². The van der Waals surface area contributed by atoms with E-state index in [1.165, 1.54) is 11.3 Å². The van der Waals surface area contributed by atoms with E-state index in [1.807, 2.05) is 37.6 Å². The number of fused-ring (bicyclic) bond motifs is 1. The molecule has 0 atom stereocenters. The van der Waals surface area contributed by atoms with Crippen LogP contribution in [0.1, 0.15) is 17.0 Å². The highest BCUT2D eigenvalue weighted by Gasteiger charge is 2.17. The van der Waals surface area contributed by atoms with Gasteiger partial charge in [0.05, 0.1) is 17.6 Å². The third-order valence-electron chi connectivity index (χ3n) is 6.47. The molecule has 0 unspecified atom stereocenters. The van der Waals surface area contributed by atoms with Crippen LogP contribution in [0.2, 0.25) is 0 Å². The molecule has 4 aromatic rings. The second kappa shape index (κ2) is 10.1. The van der Waals surface area contributed by atoms with Crippen LogP contribution in [0.5, 0.6) is 0 Å². The minimum absolute atomic E-state index is 0.0706. The van der Waals surface area contributed by atoms with Gasteiger partial charge in [-0.15, -0.1) is 11.3 Å². The molecule has 0 bridgehead atoms. The highest BCUT2D eigenvalue weighted by molar-refractivity contribution is 7.19. The van der Waals surface area contributed by atoms with Gasteiger partial charge in [-0.3, -0.25) is 14.7 Å². The van der Waals surface area contributed by atoms with Crippen molar-refractivity contribution in [1.29, 1.82) is 0 Å². The number of hydrogen-bond acceptors (Lipinski definition) is 6. The lowest BCUT2D eigenvalue weighted by Crippen LogP contribution is -2.28. The summed E-state index contributed by atoms with van der Waals surface area (Å²) in [5.41, 5.74) is 4.32. The monoisotopic (exact) mass is 473 g/mol. The van der Waals surface area contributed by atoms with Crippen molar-refractivity contribution in [3.63, 3.8) is 0 Å². The van der Waals surface area contributed by atoms with E-state index in [0.29, 0.717) is 6.54 Å². The largest absolute Gasteiger partial charge is 0.379 e. The van der Waals surface area contributed by atoms with E-state index < -0.39 is 0 Å². The summed E-state index contributed by atoms with van der Waals surface area (Å²) in [4.78, 5) is 23.5. The van der Waals surface area contributed by atoms with Crippen LogP contribution in [0.3, 0.4) is 0 Å². The summed E-state index contributed by atoms with van der Waals surface area (Å²) in [6.45, 7) is 5.99. The lowest BCUT2D eigenvalue weighted by Gasteiger charge is -2.18. The van der Waals surface area contributed by atoms with Crippen LogP contribution in [0.4, 0.5) is 5.69 Å². The molecule has 3 aromatic heterocycles. The third kappa shape index (κ3) is 5.06. The predicted octanol–water partition coefficient (Wildman–Crippen LogP) is 4.41. The zero-order valence-corrected chi connectivity index (χ0v) is 20.6. The first kappa shape index (κ1) is 22.8. The molecule has 0 radical (unpaired) electrons. The van der Waals surface area contributed by atoms with E-state index in [4.69, 9.17) is 0 Å². The molecule has 0 amide bonds. The number of aromatic nitrogens is 2. The Morgan fingerprint density at radius 3 is 2.79 bits per heavy atom. The number of aryl methyl sites for hydroxylation is 1. The number of thiophene rings is 1. The molecule has 1 saturated heterocycles. The summed E-state index contributed by atoms with van der Waals surface area (Å²) in [5.74, 6) is 0. The molecule has 1 N–H and O–H groups in total. The van der Waals surface area contributed by atoms with Crippen molar-refractivity contribution >= 4 is 27.1 Å². The van der Waals surface area contributed by atoms with Crippen molar-refractivity contribution in [1.82, 2.24) is 19.4 Å². The van der Waals surface area contributed by atoms with Crippen LogP contribution in [0.15, 0.2) is 65.7 Å². The van der Waals surface area contributed by atoms with Crippen LogP contribution in [-0.4, -0.2) is 52.6 Å². The van der Waals surface area contributed by atoms with E-state index in [2.05, 4.69) is 57.5 Å². The van der Waals surface area contributed by atoms with Gasteiger partial charge >= 0.3 is 0 Å². The number of likely N-dealkylation sites (N-methyl/N-ethyl adjacent to an activating group) is 1. The summed E-state index contributed by atoms with van der Waals surface area (Å²) >= 11 is 1.76. The van der Waals surface area contributed by atoms with E-state index in [0.717, 1.165) is 65.3 Å². The number of rotatable bonds is 6. The Kier molecular flexibility index (Phi) is 6.76. The SMILES string of the molecule is CN1CCCN(Cc2cc3c(=O)n(C)cc(-c4cccc(NCc5ccccn5)c4)c3s2)CC1. The molecule has 1 aromatic carbocycles. The van der Waals surface area contributed by atoms with Gasteiger partial charge in [-0.25, -0.2) is 0 Å². The standard InChI is InChI=1S/C27H31N5OS/c1-30-11-6-12-32(14-13-30)18-23-16-24-26(34-23)25(19-31(2)27(24)33)20-7-5-9-21(15-20)29-17-22-8-3-4-10-28-22/h3-5,7-10,15-16,19,29H,6,11-14,17-18H2,1-2H3. The maximum Gasteiger partial charge on any atom is 0.259 e. The molecule has 5 rings (SSSR count). The Morgan fingerprint density at radius 2 is 1.94 bits per heavy atom. The number of anilines is 1. The lowest BCUT2D eigenvalue weighted by atomic mass is 10.1. The zero-order chi connectivity index (χ0) is 23.5. The van der Waals surface area contributed by atoms with Gasteiger partial charge in [0, 0.05) is 59.9 Å². The molecule has 1 fully saturated rings. The first-order valence-electron chi connectivity index (χ1n) is 11.8. The van der Waals surface area contributed by atoms with Gasteiger partial charge in [-0.1, -0.05) is 18.2 Å². The summed E-state index contributed by atoms with van der Waals surface area (Å²) in [7, 11) is 4.04. The molecular formula is C27H31N5OS. The molecule has 4 heterocycles. The smallest absolute Gasteiger partial charge is 0.259 e. The van der Waals surface area contributed by atoms with Crippen LogP contribution >= 0.6 is 11.3 Å². The number of nitrogens with zero attached hydrogens (tertiary/aromatic N) is 4. The van der Waals surface area contributed by atoms with Gasteiger partial charge in [-0.05, 0) is 62.5 Å². The van der Waals surface area contributed by atoms with Crippen molar-refractivity contribution in [2.75, 3.05) is 38.5 Å². The average Bonchev–Trinajstić information content (AvgIpc) is 3.17. The Morgan fingerprint density at radius 1 is 1.03 bits per heavy atom. The number of hydrogen-bond donors (Lipinski definition) is 1. The fourth-order valence-electron chi connectivity index (χ4n) is 4.56. The zero-order valence-electron chi connectivity index (χ0n) is 19.8. The summed E-state index contributed by atoms with van der Waals surface area (Å²) in [5, 5.41) is 4.29. The van der Waals surface area contributed by atoms with Gasteiger partial charge in [0.1, 0.15) is 0 Å². The normalized spacial score (nSPS) is 15.5. The summed E-state index contributed by atoms with van der Waals surface area (Å²) in [6, 6.07) is 16.5. The molecule has 7 heteroatoms. The lowest BCUT2D eigenvalue weighted by molar-refractivity contribution is 0.271. The average molecular weight is 474 g/mol. The van der Waals surface area contributed by atoms with Crippen molar-refractivity contribution < 1.29 is 0 Å². The highest BCUT2D eigenvalue weighted by Crippen LogP contribution is 2.34. The van der Waals surface area contributed by atoms with E-state index >= 15 is 0 Å². The number of pyridine rings is 2. The first-order valence-corrected chi connectivity index (χ1v) is 12.7. The molecule has 34 heavy (non-hydrogen) atoms. The van der Waals surface area contributed by atoms with Crippen molar-refractivity contribution in [2.45, 2.75) is 19.5 Å². The van der Waals surface area contributed by atoms with Crippen LogP contribution in [-0.2, 0) is 20.1 Å². The minimum Gasteiger partial charge on any atom is -0.379 e. The van der Waals surface area contributed by atoms with Crippen LogP contribution < -0.4 is 10.9 Å². The molecule has 1 aliphatic heterocycles. The molecular weight excluding hydrogens is 442 g/mol. The maximum absolute atomic E-state index is 13.0. The topological polar surface area (TPSA) is 53.4 Å². The molecule has 0 aliphatic carbocycles. The fraction of sp³-hybridized carbons (Fsp3) is 0.333. The fourth-order valence-corrected chi connectivity index (χ4v) is 5.78. The quantitative estimate of drug-likeness (QED) is 0.450. The Bertz CT molecular complexity index is 1330. The second-order valence-corrected chi connectivity index (χ2v) is 10.2. The predicted molar refractivity (Wildman–Crippen MR) is 141 cm³/mol. The van der Waals surface area contributed by atoms with E-state index in [-0.39, 0.29) is 5.56 Å². The van der Waals surface area contributed by atoms with Gasteiger partial charge in [0.15, 0.2) is 0 Å². The van der Waals surface area contributed by atoms with Crippen LogP contribution in [0.25, 0.3) is 21.2 Å². The summed E-state index contributed by atoms with van der Waals surface area (Å²) < 4.78 is 2.79. The van der Waals surface area contributed by atoms with E-state index in [1.54, 1.807) is 15.9 Å². The first-order chi connectivity index (χ1) is 16.6. The van der Waals surface area contributed by atoms with Gasteiger partial charge in [-0.2, -0.15) is 0 Å². The van der Waals surface area contributed by atoms with Gasteiger partial charge in [0.25, 0.3) is 5.56 Å². The van der Waals surface area contributed by atoms with Gasteiger partial charge in [0.2, 0.25) is 0 Å². The molecule has 1 aliphatic rings. The van der Waals surface area contributed by atoms with Gasteiger partial charge < -0.3 is 14.8 Å². The Balaban J connectivity index is 1.44. The highest BCUT2D eigenvalue weighted by atomic mass is 32.1. The molecule has 0 saturated carbocycles. The Labute approximate surface area is 204 Å². The minimum atomic E-state index is 0.0706. The summed E-state index contributed by atoms with van der Waals surface area (Å²) in [6.07, 6.45) is 4.98. The second-order valence-electron chi connectivity index (χ2n) is 9.10. The maximum atomic E-state index is 13.0. The van der Waals surface area contributed by atoms with Crippen molar-refractivity contribution in [2.24, 2.45) is 7.05 Å². The Hall–Kier alpha value is -3.00. The van der Waals surface area contributed by atoms with Crippen molar-refractivity contribution in [3.8, 4) is 11.1 Å². The van der Waals surface area contributed by atoms with Crippen LogP contribution in [0, 0.1) is 0 Å². The molecule has 0 spiro atoms.